The molecule has 0 atom stereocenters. The van der Waals surface area contributed by atoms with E-state index in [0.717, 1.165) is 34.1 Å². The predicted octanol–water partition coefficient (Wildman–Crippen LogP) is 3.31. The van der Waals surface area contributed by atoms with Crippen molar-refractivity contribution in [1.82, 2.24) is 9.88 Å². The van der Waals surface area contributed by atoms with Crippen LogP contribution in [0.25, 0.3) is 11.8 Å². The number of rotatable bonds is 2. The second-order valence-electron chi connectivity index (χ2n) is 5.55. The van der Waals surface area contributed by atoms with Crippen LogP contribution >= 0.6 is 24.0 Å². The lowest BCUT2D eigenvalue weighted by Crippen LogP contribution is -2.17. The Labute approximate surface area is 148 Å². The molecule has 5 nitrogen and oxygen atoms in total. The molecule has 1 aromatic carbocycles. The highest BCUT2D eigenvalue weighted by molar-refractivity contribution is 8.26. The summed E-state index contributed by atoms with van der Waals surface area (Å²) in [5.41, 5.74) is 4.11. The van der Waals surface area contributed by atoms with Gasteiger partial charge in [0.2, 0.25) is 6.79 Å². The number of carbonyl (C=O) groups is 1. The molecular weight excluding hydrogens is 344 g/mol. The fourth-order valence-electron chi connectivity index (χ4n) is 2.92. The molecule has 0 aliphatic carbocycles. The molecule has 2 aromatic rings. The van der Waals surface area contributed by atoms with Crippen LogP contribution in [0.3, 0.4) is 0 Å². The zero-order valence-corrected chi connectivity index (χ0v) is 14.7. The van der Waals surface area contributed by atoms with Crippen molar-refractivity contribution in [2.24, 2.45) is 0 Å². The molecule has 0 radical (unpaired) electrons. The van der Waals surface area contributed by atoms with Crippen LogP contribution in [-0.4, -0.2) is 21.6 Å². The average molecular weight is 358 g/mol. The summed E-state index contributed by atoms with van der Waals surface area (Å²) in [6.45, 7) is 4.32. The maximum absolute atomic E-state index is 11.9. The van der Waals surface area contributed by atoms with Gasteiger partial charge in [-0.05, 0) is 43.7 Å². The number of fused-ring (bicyclic) bond motifs is 1. The van der Waals surface area contributed by atoms with Gasteiger partial charge in [0.15, 0.2) is 11.5 Å². The van der Waals surface area contributed by atoms with E-state index < -0.39 is 0 Å². The molecule has 2 aliphatic rings. The molecule has 0 spiro atoms. The van der Waals surface area contributed by atoms with Crippen molar-refractivity contribution < 1.29 is 14.3 Å². The second kappa shape index (κ2) is 5.68. The van der Waals surface area contributed by atoms with Crippen molar-refractivity contribution in [2.75, 3.05) is 6.79 Å². The molecule has 1 saturated heterocycles. The van der Waals surface area contributed by atoms with Gasteiger partial charge >= 0.3 is 0 Å². The molecule has 0 bridgehead atoms. The summed E-state index contributed by atoms with van der Waals surface area (Å²) in [4.78, 5) is 12.5. The van der Waals surface area contributed by atoms with Crippen molar-refractivity contribution in [1.29, 1.82) is 0 Å². The molecule has 1 fully saturated rings. The normalized spacial score (nSPS) is 17.7. The van der Waals surface area contributed by atoms with Crippen LogP contribution in [0.4, 0.5) is 0 Å². The molecule has 4 rings (SSSR count). The van der Waals surface area contributed by atoms with Gasteiger partial charge in [-0.1, -0.05) is 24.0 Å². The first-order valence-electron chi connectivity index (χ1n) is 7.37. The summed E-state index contributed by atoms with van der Waals surface area (Å²) in [6.07, 6.45) is 1.88. The largest absolute Gasteiger partial charge is 0.454 e. The minimum atomic E-state index is -0.141. The van der Waals surface area contributed by atoms with Crippen LogP contribution < -0.4 is 14.8 Å². The molecule has 0 saturated carbocycles. The van der Waals surface area contributed by atoms with E-state index in [2.05, 4.69) is 16.0 Å². The van der Waals surface area contributed by atoms with Gasteiger partial charge in [0, 0.05) is 23.1 Å². The first-order valence-corrected chi connectivity index (χ1v) is 8.59. The highest BCUT2D eigenvalue weighted by atomic mass is 32.2. The first kappa shape index (κ1) is 15.3. The van der Waals surface area contributed by atoms with Crippen LogP contribution in [0.2, 0.25) is 0 Å². The number of hydrogen-bond acceptors (Lipinski definition) is 5. The molecule has 24 heavy (non-hydrogen) atoms. The van der Waals surface area contributed by atoms with Crippen LogP contribution in [-0.2, 0) is 4.79 Å². The third kappa shape index (κ3) is 2.50. The number of benzene rings is 1. The van der Waals surface area contributed by atoms with E-state index in [-0.39, 0.29) is 12.7 Å². The van der Waals surface area contributed by atoms with Gasteiger partial charge < -0.3 is 19.4 Å². The van der Waals surface area contributed by atoms with Gasteiger partial charge in [0.05, 0.1) is 4.91 Å². The number of ether oxygens (including phenoxy) is 2. The Morgan fingerprint density at radius 1 is 1.25 bits per heavy atom. The van der Waals surface area contributed by atoms with Gasteiger partial charge in [0.25, 0.3) is 5.91 Å². The van der Waals surface area contributed by atoms with E-state index in [4.69, 9.17) is 21.7 Å². The second-order valence-corrected chi connectivity index (χ2v) is 7.27. The number of nitrogens with zero attached hydrogens (tertiary/aromatic N) is 1. The van der Waals surface area contributed by atoms with Gasteiger partial charge in [-0.3, -0.25) is 4.79 Å². The van der Waals surface area contributed by atoms with E-state index in [0.29, 0.717) is 9.23 Å². The number of nitrogens with one attached hydrogen (secondary N) is 1. The minimum Gasteiger partial charge on any atom is -0.454 e. The van der Waals surface area contributed by atoms with Crippen LogP contribution in [0.15, 0.2) is 29.2 Å². The number of hydrogen-bond donors (Lipinski definition) is 1. The lowest BCUT2D eigenvalue weighted by atomic mass is 10.2. The topological polar surface area (TPSA) is 52.5 Å². The Balaban J connectivity index is 1.76. The van der Waals surface area contributed by atoms with E-state index in [1.165, 1.54) is 11.8 Å². The predicted molar refractivity (Wildman–Crippen MR) is 97.7 cm³/mol. The van der Waals surface area contributed by atoms with E-state index >= 15 is 0 Å². The van der Waals surface area contributed by atoms with E-state index in [1.807, 2.05) is 38.1 Å². The highest BCUT2D eigenvalue weighted by Crippen LogP contribution is 2.35. The molecule has 122 valence electrons. The molecule has 1 aromatic heterocycles. The summed E-state index contributed by atoms with van der Waals surface area (Å²) in [7, 11) is 0. The fourth-order valence-corrected chi connectivity index (χ4v) is 3.95. The summed E-state index contributed by atoms with van der Waals surface area (Å²) in [5, 5.41) is 2.64. The summed E-state index contributed by atoms with van der Waals surface area (Å²) >= 11 is 6.33. The third-order valence-corrected chi connectivity index (χ3v) is 5.18. The standard InChI is InChI=1S/C17H14N2O3S2/c1-9-5-11(6-15-16(20)18-17(23)24-15)10(2)19(9)12-3-4-13-14(7-12)22-8-21-13/h3-7H,8H2,1-2H3,(H,18,20,23). The molecule has 1 N–H and O–H groups in total. The Hall–Kier alpha value is -2.25. The minimum absolute atomic E-state index is 0.141. The summed E-state index contributed by atoms with van der Waals surface area (Å²) in [6, 6.07) is 7.93. The first-order chi connectivity index (χ1) is 11.5. The van der Waals surface area contributed by atoms with Crippen molar-refractivity contribution in [3.05, 3.63) is 46.1 Å². The van der Waals surface area contributed by atoms with Gasteiger partial charge in [-0.2, -0.15) is 0 Å². The van der Waals surface area contributed by atoms with Crippen molar-refractivity contribution in [3.8, 4) is 17.2 Å². The zero-order chi connectivity index (χ0) is 16.8. The SMILES string of the molecule is Cc1cc(C=C2SC(=S)NC2=O)c(C)n1-c1ccc2c(c1)OCO2. The number of aryl methyl sites for hydroxylation is 1. The van der Waals surface area contributed by atoms with Crippen molar-refractivity contribution in [3.63, 3.8) is 0 Å². The smallest absolute Gasteiger partial charge is 0.263 e. The van der Waals surface area contributed by atoms with Crippen LogP contribution in [0.5, 0.6) is 11.5 Å². The Kier molecular flexibility index (Phi) is 3.62. The number of thioether (sulfide) groups is 1. The molecular formula is C17H14N2O3S2. The molecule has 3 heterocycles. The lowest BCUT2D eigenvalue weighted by Gasteiger charge is -2.10. The number of amides is 1. The third-order valence-electron chi connectivity index (χ3n) is 4.01. The van der Waals surface area contributed by atoms with Crippen molar-refractivity contribution >= 4 is 40.3 Å². The van der Waals surface area contributed by atoms with Crippen molar-refractivity contribution in [2.45, 2.75) is 13.8 Å². The summed E-state index contributed by atoms with van der Waals surface area (Å²) in [5.74, 6) is 1.37. The monoisotopic (exact) mass is 358 g/mol. The van der Waals surface area contributed by atoms with E-state index in [9.17, 15) is 4.79 Å². The fraction of sp³-hybridized carbons (Fsp3) is 0.176. The zero-order valence-electron chi connectivity index (χ0n) is 13.1. The lowest BCUT2D eigenvalue weighted by molar-refractivity contribution is -0.115. The summed E-state index contributed by atoms with van der Waals surface area (Å²) < 4.78 is 13.5. The molecule has 1 amide bonds. The number of thiocarbonyl (C=S) groups is 1. The van der Waals surface area contributed by atoms with Crippen LogP contribution in [0, 0.1) is 13.8 Å². The molecule has 7 heteroatoms. The Morgan fingerprint density at radius 2 is 2.04 bits per heavy atom. The molecule has 2 aliphatic heterocycles. The Morgan fingerprint density at radius 3 is 2.79 bits per heavy atom. The van der Waals surface area contributed by atoms with Crippen LogP contribution in [0.1, 0.15) is 17.0 Å². The average Bonchev–Trinajstić information content (AvgIpc) is 3.19. The van der Waals surface area contributed by atoms with Gasteiger partial charge in [-0.15, -0.1) is 0 Å². The quantitative estimate of drug-likeness (QED) is 0.659. The maximum Gasteiger partial charge on any atom is 0.263 e. The molecule has 0 unspecified atom stereocenters. The number of aromatic nitrogens is 1. The Bertz CT molecular complexity index is 915. The number of carbonyl (C=O) groups excluding carboxylic acids is 1. The van der Waals surface area contributed by atoms with E-state index in [1.54, 1.807) is 0 Å². The van der Waals surface area contributed by atoms with Gasteiger partial charge in [0.1, 0.15) is 4.32 Å². The maximum atomic E-state index is 11.9. The highest BCUT2D eigenvalue weighted by Gasteiger charge is 2.23. The van der Waals surface area contributed by atoms with Gasteiger partial charge in [-0.25, -0.2) is 0 Å².